The van der Waals surface area contributed by atoms with Gasteiger partial charge in [-0.15, -0.1) is 11.3 Å². The Labute approximate surface area is 227 Å². The minimum absolute atomic E-state index is 0.00291. The number of anilines is 2. The van der Waals surface area contributed by atoms with E-state index >= 15 is 0 Å². The summed E-state index contributed by atoms with van der Waals surface area (Å²) >= 11 is 1.09. The number of pyridine rings is 1. The quantitative estimate of drug-likeness (QED) is 0.416. The zero-order chi connectivity index (χ0) is 28.6. The molecule has 2 aromatic heterocycles. The summed E-state index contributed by atoms with van der Waals surface area (Å²) in [5.41, 5.74) is 0.142. The van der Waals surface area contributed by atoms with Crippen LogP contribution in [-0.2, 0) is 19.6 Å². The van der Waals surface area contributed by atoms with Crippen LogP contribution in [0.2, 0.25) is 0 Å². The largest absolute Gasteiger partial charge is 0.490 e. The maximum absolute atomic E-state index is 12.4. The van der Waals surface area contributed by atoms with Gasteiger partial charge in [0.2, 0.25) is 0 Å². The summed E-state index contributed by atoms with van der Waals surface area (Å²) in [6.07, 6.45) is -0.594. The molecule has 16 heteroatoms. The number of carboxylic acids is 2. The first kappa shape index (κ1) is 30.6. The minimum Gasteiger partial charge on any atom is -0.478 e. The van der Waals surface area contributed by atoms with Gasteiger partial charge in [0.1, 0.15) is 15.6 Å². The number of thiophene rings is 1. The number of aromatic nitrogens is 1. The number of piperidine rings is 1. The second kappa shape index (κ2) is 13.4. The van der Waals surface area contributed by atoms with Gasteiger partial charge in [-0.2, -0.15) is 13.2 Å². The average molecular weight is 595 g/mol. The number of nitrogens with zero attached hydrogens (tertiary/aromatic N) is 3. The van der Waals surface area contributed by atoms with E-state index in [1.807, 2.05) is 4.90 Å². The zero-order valence-corrected chi connectivity index (χ0v) is 22.4. The molecule has 4 rings (SSSR count). The smallest absolute Gasteiger partial charge is 0.478 e. The molecule has 2 saturated heterocycles. The summed E-state index contributed by atoms with van der Waals surface area (Å²) in [4.78, 5) is 29.6. The molecule has 11 nitrogen and oxygen atoms in total. The summed E-state index contributed by atoms with van der Waals surface area (Å²) in [6, 6.07) is 4.49. The second-order valence-electron chi connectivity index (χ2n) is 8.91. The zero-order valence-electron chi connectivity index (χ0n) is 20.8. The van der Waals surface area contributed by atoms with Crippen LogP contribution in [0.4, 0.5) is 24.7 Å². The topological polar surface area (TPSA) is 149 Å². The van der Waals surface area contributed by atoms with Gasteiger partial charge in [-0.1, -0.05) is 6.07 Å². The number of aliphatic carboxylic acids is 1. The Morgan fingerprint density at radius 1 is 1.15 bits per heavy atom. The van der Waals surface area contributed by atoms with Crippen LogP contribution in [0.1, 0.15) is 29.6 Å². The fourth-order valence-corrected chi connectivity index (χ4v) is 6.19. The van der Waals surface area contributed by atoms with Crippen molar-refractivity contribution in [2.45, 2.75) is 29.6 Å². The number of aromatic carboxylic acids is 1. The fraction of sp³-hybridized carbons (Fsp3) is 0.522. The van der Waals surface area contributed by atoms with Crippen molar-refractivity contribution >= 4 is 44.8 Å². The van der Waals surface area contributed by atoms with Gasteiger partial charge in [-0.25, -0.2) is 23.0 Å². The van der Waals surface area contributed by atoms with Gasteiger partial charge in [0.05, 0.1) is 25.1 Å². The summed E-state index contributed by atoms with van der Waals surface area (Å²) in [7, 11) is -3.76. The molecule has 216 valence electrons. The van der Waals surface area contributed by atoms with Crippen LogP contribution < -0.4 is 9.62 Å². The van der Waals surface area contributed by atoms with Gasteiger partial charge in [0, 0.05) is 26.2 Å². The summed E-state index contributed by atoms with van der Waals surface area (Å²) in [6.45, 7) is 6.15. The molecular weight excluding hydrogens is 565 g/mol. The van der Waals surface area contributed by atoms with E-state index in [-0.39, 0.29) is 15.5 Å². The predicted octanol–water partition coefficient (Wildman–Crippen LogP) is 3.21. The van der Waals surface area contributed by atoms with Crippen molar-refractivity contribution in [2.75, 3.05) is 55.6 Å². The van der Waals surface area contributed by atoms with Crippen molar-refractivity contribution in [2.24, 2.45) is 5.92 Å². The number of nitrogens with one attached hydrogen (secondary N) is 1. The molecule has 0 aliphatic carbocycles. The predicted molar refractivity (Wildman–Crippen MR) is 137 cm³/mol. The molecule has 2 aliphatic rings. The van der Waals surface area contributed by atoms with Crippen molar-refractivity contribution in [1.29, 1.82) is 0 Å². The van der Waals surface area contributed by atoms with Crippen LogP contribution in [0.25, 0.3) is 0 Å². The van der Waals surface area contributed by atoms with E-state index in [2.05, 4.69) is 14.6 Å². The number of ether oxygens (including phenoxy) is 1. The standard InChI is InChI=1S/C21H28N4O5S2.C2HF3O2/c26-21(27)18-14-17(23-32(28,29)19-2-1-13-31-19)15-22-20(18)25-7-4-16(5-8-25)3-6-24-9-11-30-12-10-24;3-2(4,5)1(6)7/h1-2,13-16,23H,3-12H2,(H,26,27);(H,6,7). The molecule has 2 fully saturated rings. The van der Waals surface area contributed by atoms with Crippen molar-refractivity contribution in [3.05, 3.63) is 35.3 Å². The molecule has 2 aromatic rings. The third-order valence-corrected chi connectivity index (χ3v) is 9.00. The van der Waals surface area contributed by atoms with Gasteiger partial charge >= 0.3 is 18.1 Å². The maximum atomic E-state index is 12.4. The van der Waals surface area contributed by atoms with E-state index in [1.54, 1.807) is 11.4 Å². The molecule has 0 atom stereocenters. The van der Waals surface area contributed by atoms with E-state index in [0.717, 1.165) is 76.5 Å². The highest BCUT2D eigenvalue weighted by Gasteiger charge is 2.38. The summed E-state index contributed by atoms with van der Waals surface area (Å²) < 4.78 is 64.6. The first-order valence-corrected chi connectivity index (χ1v) is 14.4. The monoisotopic (exact) mass is 594 g/mol. The third-order valence-electron chi connectivity index (χ3n) is 6.22. The Morgan fingerprint density at radius 3 is 2.33 bits per heavy atom. The van der Waals surface area contributed by atoms with E-state index in [4.69, 9.17) is 14.6 Å². The Morgan fingerprint density at radius 2 is 1.79 bits per heavy atom. The van der Waals surface area contributed by atoms with E-state index < -0.39 is 28.1 Å². The van der Waals surface area contributed by atoms with E-state index in [0.29, 0.717) is 11.7 Å². The molecule has 0 amide bonds. The molecule has 39 heavy (non-hydrogen) atoms. The highest BCUT2D eigenvalue weighted by Crippen LogP contribution is 2.29. The van der Waals surface area contributed by atoms with E-state index in [9.17, 15) is 31.5 Å². The van der Waals surface area contributed by atoms with Gasteiger partial charge in [0.25, 0.3) is 10.0 Å². The van der Waals surface area contributed by atoms with Crippen molar-refractivity contribution in [3.63, 3.8) is 0 Å². The summed E-state index contributed by atoms with van der Waals surface area (Å²) in [5.74, 6) is -2.88. The van der Waals surface area contributed by atoms with Gasteiger partial charge in [-0.05, 0) is 49.2 Å². The van der Waals surface area contributed by atoms with Gasteiger partial charge in [0.15, 0.2) is 0 Å². The molecule has 0 radical (unpaired) electrons. The van der Waals surface area contributed by atoms with Crippen LogP contribution in [0.5, 0.6) is 0 Å². The summed E-state index contributed by atoms with van der Waals surface area (Å²) in [5, 5.41) is 18.5. The number of sulfonamides is 1. The number of halogens is 3. The average Bonchev–Trinajstić information content (AvgIpc) is 3.44. The fourth-order valence-electron chi connectivity index (χ4n) is 4.17. The Hall–Kier alpha value is -2.95. The number of rotatable bonds is 8. The molecule has 0 bridgehead atoms. The lowest BCUT2D eigenvalue weighted by Crippen LogP contribution is -2.39. The Balaban J connectivity index is 0.000000532. The molecule has 0 unspecified atom stereocenters. The number of alkyl halides is 3. The normalized spacial score (nSPS) is 17.3. The van der Waals surface area contributed by atoms with Crippen molar-refractivity contribution in [3.8, 4) is 0 Å². The van der Waals surface area contributed by atoms with E-state index in [1.165, 1.54) is 18.3 Å². The van der Waals surface area contributed by atoms with Crippen molar-refractivity contribution < 1.29 is 46.1 Å². The molecule has 3 N–H and O–H groups in total. The highest BCUT2D eigenvalue weighted by molar-refractivity contribution is 7.94. The number of carbonyl (C=O) groups is 2. The lowest BCUT2D eigenvalue weighted by molar-refractivity contribution is -0.192. The second-order valence-corrected chi connectivity index (χ2v) is 11.8. The van der Waals surface area contributed by atoms with Gasteiger partial charge in [-0.3, -0.25) is 9.62 Å². The number of carboxylic acid groups (broad SMARTS) is 2. The van der Waals surface area contributed by atoms with Crippen molar-refractivity contribution in [1.82, 2.24) is 9.88 Å². The maximum Gasteiger partial charge on any atom is 0.490 e. The first-order valence-electron chi connectivity index (χ1n) is 12.0. The molecule has 4 heterocycles. The Kier molecular flexibility index (Phi) is 10.5. The number of morpholine rings is 1. The van der Waals surface area contributed by atoms with Gasteiger partial charge < -0.3 is 19.8 Å². The van der Waals surface area contributed by atoms with Crippen LogP contribution in [0.15, 0.2) is 34.0 Å². The van der Waals surface area contributed by atoms with Crippen LogP contribution in [0, 0.1) is 5.92 Å². The SMILES string of the molecule is O=C(O)C(F)(F)F.O=C(O)c1cc(NS(=O)(=O)c2cccs2)cnc1N1CCC(CCN2CCOCC2)CC1. The lowest BCUT2D eigenvalue weighted by Gasteiger charge is -2.35. The molecule has 0 spiro atoms. The first-order chi connectivity index (χ1) is 18.4. The minimum atomic E-state index is -5.08. The molecular formula is C23H29F3N4O7S2. The highest BCUT2D eigenvalue weighted by atomic mass is 32.2. The third kappa shape index (κ3) is 9.05. The van der Waals surface area contributed by atoms with Crippen LogP contribution >= 0.6 is 11.3 Å². The lowest BCUT2D eigenvalue weighted by atomic mass is 9.93. The number of hydrogen-bond donors (Lipinski definition) is 3. The molecule has 0 saturated carbocycles. The van der Waals surface area contributed by atoms with Crippen LogP contribution in [-0.4, -0.2) is 92.6 Å². The molecule has 0 aromatic carbocycles. The molecule has 2 aliphatic heterocycles. The Bertz CT molecular complexity index is 1210. The number of hydrogen-bond acceptors (Lipinski definition) is 9. The van der Waals surface area contributed by atoms with Crippen LogP contribution in [0.3, 0.4) is 0 Å².